The fraction of sp³-hybridized carbons (Fsp3) is 0.500. The van der Waals surface area contributed by atoms with Gasteiger partial charge in [0.1, 0.15) is 17.2 Å². The first-order chi connectivity index (χ1) is 10.9. The molecule has 1 saturated heterocycles. The van der Waals surface area contributed by atoms with Gasteiger partial charge >= 0.3 is 0 Å². The zero-order valence-electron chi connectivity index (χ0n) is 13.6. The summed E-state index contributed by atoms with van der Waals surface area (Å²) in [5.41, 5.74) is 0.703. The van der Waals surface area contributed by atoms with Crippen molar-refractivity contribution < 1.29 is 14.0 Å². The zero-order chi connectivity index (χ0) is 17.0. The lowest BCUT2D eigenvalue weighted by molar-refractivity contribution is -0.138. The summed E-state index contributed by atoms with van der Waals surface area (Å²) in [7, 11) is 3.86. The van der Waals surface area contributed by atoms with E-state index < -0.39 is 6.04 Å². The molecule has 0 bridgehead atoms. The third kappa shape index (κ3) is 4.45. The molecule has 1 fully saturated rings. The predicted octanol–water partition coefficient (Wildman–Crippen LogP) is 1.47. The second kappa shape index (κ2) is 7.79. The molecule has 1 heterocycles. The highest BCUT2D eigenvalue weighted by Crippen LogP contribution is 2.41. The highest BCUT2D eigenvalue weighted by atomic mass is 32.2. The van der Waals surface area contributed by atoms with Crippen LogP contribution in [0.25, 0.3) is 0 Å². The van der Waals surface area contributed by atoms with Gasteiger partial charge in [0, 0.05) is 25.8 Å². The number of carbonyl (C=O) groups is 2. The summed E-state index contributed by atoms with van der Waals surface area (Å²) in [6.45, 7) is 2.71. The maximum Gasteiger partial charge on any atom is 0.243 e. The van der Waals surface area contributed by atoms with Crippen molar-refractivity contribution in [3.05, 3.63) is 35.6 Å². The van der Waals surface area contributed by atoms with Gasteiger partial charge in [0.2, 0.25) is 11.8 Å². The molecule has 2 rings (SSSR count). The Hall–Kier alpha value is -1.60. The third-order valence-corrected chi connectivity index (χ3v) is 4.98. The monoisotopic (exact) mass is 339 g/mol. The fourth-order valence-electron chi connectivity index (χ4n) is 2.53. The smallest absolute Gasteiger partial charge is 0.243 e. The van der Waals surface area contributed by atoms with Crippen LogP contribution < -0.4 is 5.32 Å². The molecule has 5 nitrogen and oxygen atoms in total. The second-order valence-corrected chi connectivity index (χ2v) is 6.89. The number of hydrogen-bond donors (Lipinski definition) is 1. The summed E-state index contributed by atoms with van der Waals surface area (Å²) < 4.78 is 13.5. The van der Waals surface area contributed by atoms with Gasteiger partial charge in [-0.3, -0.25) is 9.59 Å². The van der Waals surface area contributed by atoms with E-state index >= 15 is 0 Å². The summed E-state index contributed by atoms with van der Waals surface area (Å²) in [5, 5.41) is 2.54. The highest BCUT2D eigenvalue weighted by molar-refractivity contribution is 7.99. The highest BCUT2D eigenvalue weighted by Gasteiger charge is 2.40. The van der Waals surface area contributed by atoms with Crippen molar-refractivity contribution in [3.8, 4) is 0 Å². The average molecular weight is 339 g/mol. The summed E-state index contributed by atoms with van der Waals surface area (Å²) in [6.07, 6.45) is 0. The van der Waals surface area contributed by atoms with Gasteiger partial charge in [-0.2, -0.15) is 0 Å². The Morgan fingerprint density at radius 3 is 2.78 bits per heavy atom. The van der Waals surface area contributed by atoms with Crippen molar-refractivity contribution in [3.63, 3.8) is 0 Å². The maximum absolute atomic E-state index is 13.5. The number of thioether (sulfide) groups is 1. The van der Waals surface area contributed by atoms with Crippen LogP contribution in [0.1, 0.15) is 17.9 Å². The number of hydrogen-bond acceptors (Lipinski definition) is 4. The quantitative estimate of drug-likeness (QED) is 0.883. The summed E-state index contributed by atoms with van der Waals surface area (Å²) in [6, 6.07) is 5.66. The van der Waals surface area contributed by atoms with Gasteiger partial charge < -0.3 is 15.1 Å². The lowest BCUT2D eigenvalue weighted by Crippen LogP contribution is -2.48. The van der Waals surface area contributed by atoms with E-state index in [0.29, 0.717) is 17.9 Å². The Labute approximate surface area is 140 Å². The van der Waals surface area contributed by atoms with Crippen LogP contribution in [-0.4, -0.2) is 60.6 Å². The number of nitrogens with zero attached hydrogens (tertiary/aromatic N) is 2. The van der Waals surface area contributed by atoms with Crippen LogP contribution in [0.3, 0.4) is 0 Å². The molecule has 0 radical (unpaired) electrons. The van der Waals surface area contributed by atoms with Crippen molar-refractivity contribution in [2.45, 2.75) is 18.3 Å². The molecule has 2 unspecified atom stereocenters. The molecular formula is C16H22FN3O2S. The lowest BCUT2D eigenvalue weighted by atomic mass is 10.1. The zero-order valence-corrected chi connectivity index (χ0v) is 14.4. The van der Waals surface area contributed by atoms with E-state index in [2.05, 4.69) is 5.32 Å². The molecule has 1 aliphatic rings. The van der Waals surface area contributed by atoms with Crippen LogP contribution in [0.2, 0.25) is 0 Å². The first kappa shape index (κ1) is 17.7. The van der Waals surface area contributed by atoms with E-state index in [4.69, 9.17) is 0 Å². The molecular weight excluding hydrogens is 317 g/mol. The molecule has 1 N–H and O–H groups in total. The molecule has 0 aromatic heterocycles. The first-order valence-electron chi connectivity index (χ1n) is 7.48. The van der Waals surface area contributed by atoms with E-state index in [1.807, 2.05) is 19.0 Å². The van der Waals surface area contributed by atoms with Crippen molar-refractivity contribution >= 4 is 23.6 Å². The van der Waals surface area contributed by atoms with Gasteiger partial charge in [-0.1, -0.05) is 12.1 Å². The maximum atomic E-state index is 13.5. The predicted molar refractivity (Wildman–Crippen MR) is 89.5 cm³/mol. The van der Waals surface area contributed by atoms with Gasteiger partial charge in [-0.15, -0.1) is 11.8 Å². The van der Waals surface area contributed by atoms with Crippen LogP contribution in [0.5, 0.6) is 0 Å². The molecule has 2 amide bonds. The van der Waals surface area contributed by atoms with Crippen LogP contribution in [0.15, 0.2) is 24.3 Å². The van der Waals surface area contributed by atoms with Crippen molar-refractivity contribution in [2.75, 3.05) is 32.9 Å². The molecule has 1 aromatic carbocycles. The molecule has 1 aromatic rings. The van der Waals surface area contributed by atoms with Gasteiger partial charge in [-0.05, 0) is 31.8 Å². The largest absolute Gasteiger partial charge is 0.353 e. The third-order valence-electron chi connectivity index (χ3n) is 3.66. The topological polar surface area (TPSA) is 52.7 Å². The minimum atomic E-state index is -0.520. The molecule has 0 spiro atoms. The number of rotatable bonds is 5. The van der Waals surface area contributed by atoms with Gasteiger partial charge in [-0.25, -0.2) is 4.39 Å². The van der Waals surface area contributed by atoms with E-state index in [0.717, 1.165) is 6.54 Å². The molecule has 7 heteroatoms. The van der Waals surface area contributed by atoms with Crippen molar-refractivity contribution in [1.29, 1.82) is 0 Å². The number of amides is 2. The molecule has 0 aliphatic carbocycles. The summed E-state index contributed by atoms with van der Waals surface area (Å²) in [5.74, 6) is -0.176. The van der Waals surface area contributed by atoms with E-state index in [-0.39, 0.29) is 23.0 Å². The minimum absolute atomic E-state index is 0.159. The number of carbonyl (C=O) groups excluding carboxylic acids is 2. The first-order valence-corrected chi connectivity index (χ1v) is 8.53. The Kier molecular flexibility index (Phi) is 6.01. The Morgan fingerprint density at radius 1 is 1.43 bits per heavy atom. The minimum Gasteiger partial charge on any atom is -0.353 e. The molecule has 23 heavy (non-hydrogen) atoms. The Morgan fingerprint density at radius 2 is 2.17 bits per heavy atom. The van der Waals surface area contributed by atoms with Gasteiger partial charge in [0.05, 0.1) is 0 Å². The normalized spacial score (nSPS) is 20.8. The Balaban J connectivity index is 2.10. The van der Waals surface area contributed by atoms with E-state index in [1.165, 1.54) is 30.8 Å². The molecule has 1 aliphatic heterocycles. The Bertz CT molecular complexity index is 582. The summed E-state index contributed by atoms with van der Waals surface area (Å²) in [4.78, 5) is 27.9. The summed E-state index contributed by atoms with van der Waals surface area (Å²) >= 11 is 1.48. The number of nitrogens with one attached hydrogen (secondary N) is 1. The van der Waals surface area contributed by atoms with Gasteiger partial charge in [0.25, 0.3) is 0 Å². The van der Waals surface area contributed by atoms with Crippen LogP contribution in [0.4, 0.5) is 4.39 Å². The van der Waals surface area contributed by atoms with Crippen LogP contribution >= 0.6 is 11.8 Å². The van der Waals surface area contributed by atoms with Crippen LogP contribution in [0, 0.1) is 5.82 Å². The van der Waals surface area contributed by atoms with Gasteiger partial charge in [0.15, 0.2) is 0 Å². The number of halogens is 1. The number of benzene rings is 1. The van der Waals surface area contributed by atoms with Crippen molar-refractivity contribution in [2.24, 2.45) is 0 Å². The second-order valence-electron chi connectivity index (χ2n) is 5.78. The molecule has 0 saturated carbocycles. The SMILES string of the molecule is CC(=O)N1C(C(=O)NCCN(C)C)CSC1c1cccc(F)c1. The lowest BCUT2D eigenvalue weighted by Gasteiger charge is -2.28. The average Bonchev–Trinajstić information content (AvgIpc) is 2.91. The molecule has 2 atom stereocenters. The standard InChI is InChI=1S/C16H22FN3O2S/c1-11(21)20-14(15(22)18-7-8-19(2)3)10-23-16(20)12-5-4-6-13(17)9-12/h4-6,9,14,16H,7-8,10H2,1-3H3,(H,18,22). The fourth-order valence-corrected chi connectivity index (χ4v) is 4.00. The number of likely N-dealkylation sites (N-methyl/N-ethyl adjacent to an activating group) is 1. The van der Waals surface area contributed by atoms with E-state index in [1.54, 1.807) is 17.0 Å². The van der Waals surface area contributed by atoms with Crippen LogP contribution in [-0.2, 0) is 9.59 Å². The van der Waals surface area contributed by atoms with E-state index in [9.17, 15) is 14.0 Å². The van der Waals surface area contributed by atoms with Crippen molar-refractivity contribution in [1.82, 2.24) is 15.1 Å². The molecule has 126 valence electrons.